The summed E-state index contributed by atoms with van der Waals surface area (Å²) in [4.78, 5) is 13.5. The summed E-state index contributed by atoms with van der Waals surface area (Å²) in [7, 11) is 0.968. The number of carbonyl (C=O) groups is 1. The number of sulfonamides is 1. The van der Waals surface area contributed by atoms with Crippen LogP contribution >= 0.6 is 11.8 Å². The molecule has 2 aromatic rings. The molecule has 0 fully saturated rings. The van der Waals surface area contributed by atoms with Gasteiger partial charge < -0.3 is 10.1 Å². The van der Waals surface area contributed by atoms with Crippen molar-refractivity contribution in [3.63, 3.8) is 0 Å². The minimum absolute atomic E-state index is 0.0726. The van der Waals surface area contributed by atoms with Gasteiger partial charge in [0.1, 0.15) is 5.75 Å². The lowest BCUT2D eigenvalue weighted by atomic mass is 10.1. The molecular formula is C20H26N2O4S2. The van der Waals surface area contributed by atoms with E-state index in [0.29, 0.717) is 24.3 Å². The molecule has 0 aliphatic rings. The quantitative estimate of drug-likeness (QED) is 0.471. The first kappa shape index (κ1) is 22.3. The number of hydrogen-bond acceptors (Lipinski definition) is 5. The van der Waals surface area contributed by atoms with Gasteiger partial charge in [-0.15, -0.1) is 11.8 Å². The topological polar surface area (TPSA) is 75.7 Å². The third kappa shape index (κ3) is 6.25. The predicted molar refractivity (Wildman–Crippen MR) is 112 cm³/mol. The van der Waals surface area contributed by atoms with E-state index in [4.69, 9.17) is 4.74 Å². The Morgan fingerprint density at radius 2 is 1.86 bits per heavy atom. The largest absolute Gasteiger partial charge is 0.496 e. The molecule has 6 nitrogen and oxygen atoms in total. The van der Waals surface area contributed by atoms with E-state index in [9.17, 15) is 13.2 Å². The van der Waals surface area contributed by atoms with Crippen LogP contribution in [-0.4, -0.2) is 52.1 Å². The monoisotopic (exact) mass is 422 g/mol. The maximum atomic E-state index is 12.3. The molecule has 1 N–H and O–H groups in total. The van der Waals surface area contributed by atoms with E-state index in [1.807, 2.05) is 30.3 Å². The average molecular weight is 423 g/mol. The van der Waals surface area contributed by atoms with Crippen molar-refractivity contribution in [2.75, 3.05) is 33.5 Å². The summed E-state index contributed by atoms with van der Waals surface area (Å²) in [6.45, 7) is 0.574. The molecule has 0 aromatic heterocycles. The fourth-order valence-corrected chi connectivity index (χ4v) is 4.28. The van der Waals surface area contributed by atoms with E-state index >= 15 is 0 Å². The van der Waals surface area contributed by atoms with Gasteiger partial charge in [-0.2, -0.15) is 0 Å². The Bertz CT molecular complexity index is 884. The second-order valence-corrected chi connectivity index (χ2v) is 9.59. The molecule has 0 spiro atoms. The van der Waals surface area contributed by atoms with Gasteiger partial charge in [-0.25, -0.2) is 12.7 Å². The van der Waals surface area contributed by atoms with Crippen molar-refractivity contribution in [1.82, 2.24) is 9.62 Å². The third-order valence-corrected chi connectivity index (χ3v) is 6.91. The zero-order chi connectivity index (χ0) is 20.6. The van der Waals surface area contributed by atoms with E-state index in [0.717, 1.165) is 10.1 Å². The van der Waals surface area contributed by atoms with Crippen LogP contribution in [0.5, 0.6) is 5.75 Å². The minimum atomic E-state index is -3.53. The van der Waals surface area contributed by atoms with Crippen LogP contribution in [0, 0.1) is 0 Å². The van der Waals surface area contributed by atoms with Crippen LogP contribution in [-0.2, 0) is 21.2 Å². The minimum Gasteiger partial charge on any atom is -0.496 e. The second-order valence-electron chi connectivity index (χ2n) is 6.27. The molecule has 0 heterocycles. The molecule has 152 valence electrons. The van der Waals surface area contributed by atoms with Gasteiger partial charge in [0.2, 0.25) is 15.9 Å². The van der Waals surface area contributed by atoms with Gasteiger partial charge in [0.05, 0.1) is 12.0 Å². The highest BCUT2D eigenvalue weighted by Crippen LogP contribution is 2.25. The van der Waals surface area contributed by atoms with Crippen molar-refractivity contribution in [3.8, 4) is 5.75 Å². The number of aryl methyl sites for hydroxylation is 1. The summed E-state index contributed by atoms with van der Waals surface area (Å²) in [5.41, 5.74) is 0.694. The number of ether oxygens (including phenoxy) is 1. The number of carbonyl (C=O) groups excluding carboxylic acids is 1. The number of amides is 1. The van der Waals surface area contributed by atoms with Crippen molar-refractivity contribution in [1.29, 1.82) is 0 Å². The molecule has 0 unspecified atom stereocenters. The number of nitrogens with zero attached hydrogens (tertiary/aromatic N) is 1. The molecule has 0 saturated carbocycles. The summed E-state index contributed by atoms with van der Waals surface area (Å²) in [6, 6.07) is 14.7. The Hall–Kier alpha value is -2.03. The fourth-order valence-electron chi connectivity index (χ4n) is 2.53. The van der Waals surface area contributed by atoms with E-state index in [1.54, 1.807) is 23.9 Å². The first-order valence-corrected chi connectivity index (χ1v) is 11.3. The Morgan fingerprint density at radius 1 is 1.14 bits per heavy atom. The molecule has 0 bridgehead atoms. The van der Waals surface area contributed by atoms with Gasteiger partial charge in [0, 0.05) is 37.7 Å². The molecule has 2 aromatic carbocycles. The van der Waals surface area contributed by atoms with Crippen molar-refractivity contribution in [2.24, 2.45) is 0 Å². The van der Waals surface area contributed by atoms with Crippen LogP contribution in [0.2, 0.25) is 0 Å². The Balaban J connectivity index is 1.89. The maximum Gasteiger partial charge on any atom is 0.242 e. The number of benzene rings is 2. The van der Waals surface area contributed by atoms with Crippen molar-refractivity contribution >= 4 is 27.7 Å². The molecule has 8 heteroatoms. The highest BCUT2D eigenvalue weighted by Gasteiger charge is 2.19. The van der Waals surface area contributed by atoms with Gasteiger partial charge in [0.15, 0.2) is 0 Å². The molecular weight excluding hydrogens is 396 g/mol. The zero-order valence-electron chi connectivity index (χ0n) is 16.3. The Kier molecular flexibility index (Phi) is 8.35. The van der Waals surface area contributed by atoms with E-state index in [1.165, 1.54) is 32.2 Å². The number of nitrogens with one attached hydrogen (secondary N) is 1. The van der Waals surface area contributed by atoms with Gasteiger partial charge in [-0.1, -0.05) is 18.2 Å². The highest BCUT2D eigenvalue weighted by atomic mass is 32.2. The van der Waals surface area contributed by atoms with Crippen molar-refractivity contribution < 1.29 is 17.9 Å². The van der Waals surface area contributed by atoms with Crippen molar-refractivity contribution in [3.05, 3.63) is 54.1 Å². The predicted octanol–water partition coefficient (Wildman–Crippen LogP) is 2.79. The summed E-state index contributed by atoms with van der Waals surface area (Å²) < 4.78 is 31.1. The van der Waals surface area contributed by atoms with Gasteiger partial charge >= 0.3 is 0 Å². The van der Waals surface area contributed by atoms with Crippen LogP contribution in [0.25, 0.3) is 0 Å². The van der Waals surface area contributed by atoms with E-state index < -0.39 is 10.0 Å². The second kappa shape index (κ2) is 10.5. The van der Waals surface area contributed by atoms with Gasteiger partial charge in [0.25, 0.3) is 0 Å². The van der Waals surface area contributed by atoms with Crippen LogP contribution in [0.1, 0.15) is 12.0 Å². The van der Waals surface area contributed by atoms with Gasteiger partial charge in [-0.3, -0.25) is 4.79 Å². The zero-order valence-corrected chi connectivity index (χ0v) is 18.0. The van der Waals surface area contributed by atoms with Crippen molar-refractivity contribution in [2.45, 2.75) is 22.6 Å². The first-order chi connectivity index (χ1) is 13.3. The van der Waals surface area contributed by atoms with Crippen LogP contribution < -0.4 is 10.1 Å². The Morgan fingerprint density at radius 3 is 2.50 bits per heavy atom. The first-order valence-electron chi connectivity index (χ1n) is 8.88. The lowest BCUT2D eigenvalue weighted by Gasteiger charge is -2.14. The number of rotatable bonds is 10. The van der Waals surface area contributed by atoms with Crippen LogP contribution in [0.15, 0.2) is 58.3 Å². The molecule has 0 aliphatic heterocycles. The number of methoxy groups -OCH3 is 1. The number of hydrogen-bond donors (Lipinski definition) is 1. The standard InChI is InChI=1S/C20H26N2O4S2/c1-22(2)28(24,25)18-10-11-19(26-3)16(15-18)9-12-20(23)21-13-14-27-17-7-5-4-6-8-17/h4-8,10-11,15H,9,12-14H2,1-3H3,(H,21,23). The molecule has 2 rings (SSSR count). The summed E-state index contributed by atoms with van der Waals surface area (Å²) >= 11 is 1.68. The molecule has 1 amide bonds. The Labute approximate surface area is 171 Å². The molecule has 0 radical (unpaired) electrons. The third-order valence-electron chi connectivity index (χ3n) is 4.09. The highest BCUT2D eigenvalue weighted by molar-refractivity contribution is 7.99. The summed E-state index contributed by atoms with van der Waals surface area (Å²) in [6.07, 6.45) is 0.662. The average Bonchev–Trinajstić information content (AvgIpc) is 2.70. The lowest BCUT2D eigenvalue weighted by molar-refractivity contribution is -0.120. The number of thioether (sulfide) groups is 1. The molecule has 0 saturated heterocycles. The normalized spacial score (nSPS) is 11.4. The SMILES string of the molecule is COc1ccc(S(=O)(=O)N(C)C)cc1CCC(=O)NCCSc1ccccc1. The lowest BCUT2D eigenvalue weighted by Crippen LogP contribution is -2.26. The molecule has 28 heavy (non-hydrogen) atoms. The summed E-state index contributed by atoms with van der Waals surface area (Å²) in [5, 5.41) is 2.90. The molecule has 0 atom stereocenters. The van der Waals surface area contributed by atoms with Crippen LogP contribution in [0.4, 0.5) is 0 Å². The van der Waals surface area contributed by atoms with Gasteiger partial charge in [-0.05, 0) is 42.3 Å². The molecule has 0 aliphatic carbocycles. The fraction of sp³-hybridized carbons (Fsp3) is 0.350. The summed E-state index contributed by atoms with van der Waals surface area (Å²) in [5.74, 6) is 1.29. The van der Waals surface area contributed by atoms with Crippen LogP contribution in [0.3, 0.4) is 0 Å². The maximum absolute atomic E-state index is 12.3. The smallest absolute Gasteiger partial charge is 0.242 e. The van der Waals surface area contributed by atoms with E-state index in [2.05, 4.69) is 5.32 Å². The van der Waals surface area contributed by atoms with E-state index in [-0.39, 0.29) is 17.2 Å².